The van der Waals surface area contributed by atoms with Crippen molar-refractivity contribution in [2.24, 2.45) is 9.98 Å². The molecule has 2 aliphatic rings. The highest BCUT2D eigenvalue weighted by Crippen LogP contribution is 2.16. The zero-order valence-corrected chi connectivity index (χ0v) is 21.4. The lowest BCUT2D eigenvalue weighted by molar-refractivity contribution is 0.102. The van der Waals surface area contributed by atoms with Gasteiger partial charge in [0.1, 0.15) is 11.7 Å². The van der Waals surface area contributed by atoms with Crippen molar-refractivity contribution < 1.29 is 9.59 Å². The minimum absolute atomic E-state index is 0. The molecule has 0 saturated carbocycles. The second kappa shape index (κ2) is 11.3. The molecular formula is C28H29ClN6O2. The summed E-state index contributed by atoms with van der Waals surface area (Å²) in [5.41, 5.74) is 4.09. The molecule has 0 radical (unpaired) electrons. The van der Waals surface area contributed by atoms with Crippen molar-refractivity contribution >= 4 is 47.3 Å². The summed E-state index contributed by atoms with van der Waals surface area (Å²) in [5, 5.41) is 12.4. The molecular weight excluding hydrogens is 488 g/mol. The average molecular weight is 517 g/mol. The normalized spacial score (nSPS) is 18.0. The molecule has 2 amide bonds. The minimum Gasteiger partial charge on any atom is -0.366 e. The molecule has 8 nitrogen and oxygen atoms in total. The molecule has 0 aromatic heterocycles. The molecule has 37 heavy (non-hydrogen) atoms. The van der Waals surface area contributed by atoms with Crippen molar-refractivity contribution in [1.82, 2.24) is 10.6 Å². The Labute approximate surface area is 222 Å². The van der Waals surface area contributed by atoms with Crippen LogP contribution < -0.4 is 21.3 Å². The molecule has 0 spiro atoms. The van der Waals surface area contributed by atoms with Gasteiger partial charge in [0.25, 0.3) is 11.8 Å². The Kier molecular flexibility index (Phi) is 7.89. The van der Waals surface area contributed by atoms with E-state index in [1.54, 1.807) is 24.3 Å². The van der Waals surface area contributed by atoms with Gasteiger partial charge in [0.15, 0.2) is 0 Å². The number of carbonyl (C=O) groups excluding carboxylic acids is 2. The lowest BCUT2D eigenvalue weighted by atomic mass is 10.1. The fourth-order valence-corrected chi connectivity index (χ4v) is 4.09. The van der Waals surface area contributed by atoms with E-state index in [4.69, 9.17) is 0 Å². The van der Waals surface area contributed by atoms with Crippen LogP contribution in [0.15, 0.2) is 82.8 Å². The van der Waals surface area contributed by atoms with E-state index < -0.39 is 0 Å². The van der Waals surface area contributed by atoms with Gasteiger partial charge < -0.3 is 21.3 Å². The van der Waals surface area contributed by atoms with E-state index in [-0.39, 0.29) is 24.2 Å². The maximum atomic E-state index is 12.8. The third kappa shape index (κ3) is 6.16. The summed E-state index contributed by atoms with van der Waals surface area (Å²) in [4.78, 5) is 34.6. The molecule has 3 aromatic rings. The SMILES string of the molecule is CC1CN=C(c2ccc(NC(=O)c3cccc(C(=O)Nc4ccc(C5=NCC(C)N5)cc4)c3)cc2)N1.Cl. The molecule has 2 aliphatic heterocycles. The molecule has 0 bridgehead atoms. The van der Waals surface area contributed by atoms with Crippen LogP contribution in [0.5, 0.6) is 0 Å². The number of benzene rings is 3. The van der Waals surface area contributed by atoms with E-state index in [1.807, 2.05) is 48.5 Å². The molecule has 5 rings (SSSR count). The first-order valence-electron chi connectivity index (χ1n) is 12.0. The highest BCUT2D eigenvalue weighted by molar-refractivity contribution is 6.09. The predicted molar refractivity (Wildman–Crippen MR) is 150 cm³/mol. The Bertz CT molecular complexity index is 1250. The molecule has 0 fully saturated rings. The highest BCUT2D eigenvalue weighted by Gasteiger charge is 2.16. The summed E-state index contributed by atoms with van der Waals surface area (Å²) in [7, 11) is 0. The van der Waals surface area contributed by atoms with Crippen LogP contribution in [-0.2, 0) is 0 Å². The van der Waals surface area contributed by atoms with Crippen molar-refractivity contribution in [2.75, 3.05) is 23.7 Å². The third-order valence-corrected chi connectivity index (χ3v) is 6.03. The number of hydrogen-bond acceptors (Lipinski definition) is 6. The van der Waals surface area contributed by atoms with E-state index in [0.717, 1.165) is 35.9 Å². The number of amides is 2. The lowest BCUT2D eigenvalue weighted by Crippen LogP contribution is -2.27. The van der Waals surface area contributed by atoms with E-state index in [1.165, 1.54) is 0 Å². The standard InChI is InChI=1S/C28H28N6O2.ClH/c1-17-15-29-25(31-17)19-6-10-23(11-7-19)33-27(35)21-4-3-5-22(14-21)28(36)34-24-12-8-20(9-13-24)26-30-16-18(2)32-26;/h3-14,17-18H,15-16H2,1-2H3,(H,29,31)(H,30,32)(H,33,35)(H,34,36);1H. The van der Waals surface area contributed by atoms with Crippen LogP contribution in [0.1, 0.15) is 45.7 Å². The molecule has 2 atom stereocenters. The number of nitrogens with one attached hydrogen (secondary N) is 4. The van der Waals surface area contributed by atoms with Crippen molar-refractivity contribution in [3.63, 3.8) is 0 Å². The molecule has 0 saturated heterocycles. The first-order chi connectivity index (χ1) is 17.4. The molecule has 3 aromatic carbocycles. The second-order valence-corrected chi connectivity index (χ2v) is 9.11. The highest BCUT2D eigenvalue weighted by atomic mass is 35.5. The number of nitrogens with zero attached hydrogens (tertiary/aromatic N) is 2. The summed E-state index contributed by atoms with van der Waals surface area (Å²) < 4.78 is 0. The largest absolute Gasteiger partial charge is 0.366 e. The third-order valence-electron chi connectivity index (χ3n) is 6.03. The van der Waals surface area contributed by atoms with Gasteiger partial charge in [-0.2, -0.15) is 0 Å². The molecule has 190 valence electrons. The molecule has 0 aliphatic carbocycles. The van der Waals surface area contributed by atoms with Gasteiger partial charge >= 0.3 is 0 Å². The number of aliphatic imine (C=N–C) groups is 2. The van der Waals surface area contributed by atoms with Crippen LogP contribution in [0.4, 0.5) is 11.4 Å². The Balaban J connectivity index is 0.00000320. The van der Waals surface area contributed by atoms with Crippen LogP contribution in [-0.4, -0.2) is 48.7 Å². The van der Waals surface area contributed by atoms with Crippen molar-refractivity contribution in [2.45, 2.75) is 25.9 Å². The monoisotopic (exact) mass is 516 g/mol. The van der Waals surface area contributed by atoms with Crippen molar-refractivity contribution in [3.8, 4) is 0 Å². The number of halogens is 1. The van der Waals surface area contributed by atoms with E-state index in [0.29, 0.717) is 34.6 Å². The van der Waals surface area contributed by atoms with E-state index in [2.05, 4.69) is 45.1 Å². The summed E-state index contributed by atoms with van der Waals surface area (Å²) in [6.45, 7) is 5.69. The molecule has 9 heteroatoms. The molecule has 2 heterocycles. The van der Waals surface area contributed by atoms with Gasteiger partial charge in [-0.05, 0) is 80.6 Å². The summed E-state index contributed by atoms with van der Waals surface area (Å²) in [6.07, 6.45) is 0. The van der Waals surface area contributed by atoms with Gasteiger partial charge in [0, 0.05) is 45.7 Å². The Morgan fingerprint density at radius 2 is 1.11 bits per heavy atom. The topological polar surface area (TPSA) is 107 Å². The number of anilines is 2. The number of hydrogen-bond donors (Lipinski definition) is 4. The second-order valence-electron chi connectivity index (χ2n) is 9.11. The summed E-state index contributed by atoms with van der Waals surface area (Å²) >= 11 is 0. The summed E-state index contributed by atoms with van der Waals surface area (Å²) in [6, 6.07) is 22.4. The van der Waals surface area contributed by atoms with Crippen LogP contribution >= 0.6 is 12.4 Å². The predicted octanol–water partition coefficient (Wildman–Crippen LogP) is 4.09. The first-order valence-corrected chi connectivity index (χ1v) is 12.0. The van der Waals surface area contributed by atoms with E-state index >= 15 is 0 Å². The lowest BCUT2D eigenvalue weighted by Gasteiger charge is -2.10. The average Bonchev–Trinajstić information content (AvgIpc) is 3.53. The van der Waals surface area contributed by atoms with Crippen LogP contribution in [0.25, 0.3) is 0 Å². The van der Waals surface area contributed by atoms with Crippen LogP contribution in [0.2, 0.25) is 0 Å². The first kappa shape index (κ1) is 25.9. The van der Waals surface area contributed by atoms with Gasteiger partial charge in [0.2, 0.25) is 0 Å². The zero-order chi connectivity index (χ0) is 25.1. The molecule has 2 unspecified atom stereocenters. The fourth-order valence-electron chi connectivity index (χ4n) is 4.09. The Morgan fingerprint density at radius 3 is 1.46 bits per heavy atom. The van der Waals surface area contributed by atoms with Gasteiger partial charge in [0.05, 0.1) is 13.1 Å². The van der Waals surface area contributed by atoms with Crippen LogP contribution in [0, 0.1) is 0 Å². The smallest absolute Gasteiger partial charge is 0.255 e. The molecule has 4 N–H and O–H groups in total. The van der Waals surface area contributed by atoms with Crippen LogP contribution in [0.3, 0.4) is 0 Å². The van der Waals surface area contributed by atoms with Gasteiger partial charge in [-0.15, -0.1) is 12.4 Å². The maximum absolute atomic E-state index is 12.8. The quantitative estimate of drug-likeness (QED) is 0.396. The van der Waals surface area contributed by atoms with Crippen molar-refractivity contribution in [1.29, 1.82) is 0 Å². The van der Waals surface area contributed by atoms with E-state index in [9.17, 15) is 9.59 Å². The summed E-state index contributed by atoms with van der Waals surface area (Å²) in [5.74, 6) is 1.16. The van der Waals surface area contributed by atoms with Gasteiger partial charge in [-0.1, -0.05) is 6.07 Å². The Hall–Kier alpha value is -4.17. The Morgan fingerprint density at radius 1 is 0.703 bits per heavy atom. The maximum Gasteiger partial charge on any atom is 0.255 e. The zero-order valence-electron chi connectivity index (χ0n) is 20.6. The number of carbonyl (C=O) groups is 2. The minimum atomic E-state index is -0.286. The number of amidine groups is 2. The van der Waals surface area contributed by atoms with Crippen molar-refractivity contribution in [3.05, 3.63) is 95.1 Å². The fraction of sp³-hybridized carbons (Fsp3) is 0.214. The number of rotatable bonds is 6. The van der Waals surface area contributed by atoms with Gasteiger partial charge in [-0.25, -0.2) is 0 Å². The van der Waals surface area contributed by atoms with Gasteiger partial charge in [-0.3, -0.25) is 19.6 Å².